The van der Waals surface area contributed by atoms with E-state index in [-0.39, 0.29) is 23.8 Å². The fourth-order valence-corrected chi connectivity index (χ4v) is 5.27. The lowest BCUT2D eigenvalue weighted by molar-refractivity contribution is -0.0210. The largest absolute Gasteiger partial charge is 0.382 e. The minimum atomic E-state index is -1.08. The van der Waals surface area contributed by atoms with Gasteiger partial charge in [-0.25, -0.2) is 9.97 Å². The molecular weight excluding hydrogens is 362 g/mol. The van der Waals surface area contributed by atoms with Gasteiger partial charge in [-0.1, -0.05) is 0 Å². The highest BCUT2D eigenvalue weighted by molar-refractivity contribution is 7.13. The van der Waals surface area contributed by atoms with Crippen LogP contribution in [0.15, 0.2) is 42.3 Å². The molecule has 0 aromatic carbocycles. The zero-order valence-corrected chi connectivity index (χ0v) is 15.3. The number of Topliss-reactive ketones (excluding diaryl/α,β-unsaturated/α-hetero) is 1. The monoisotopic (exact) mass is 381 g/mol. The van der Waals surface area contributed by atoms with Gasteiger partial charge in [-0.05, 0) is 31.4 Å². The second-order valence-electron chi connectivity index (χ2n) is 7.38. The Bertz CT molecular complexity index is 958. The summed E-state index contributed by atoms with van der Waals surface area (Å²) in [6.07, 6.45) is 8.58. The van der Waals surface area contributed by atoms with Crippen molar-refractivity contribution in [1.29, 1.82) is 0 Å². The van der Waals surface area contributed by atoms with Crippen LogP contribution in [0.2, 0.25) is 0 Å². The van der Waals surface area contributed by atoms with Crippen LogP contribution in [0, 0.1) is 5.92 Å². The lowest BCUT2D eigenvalue weighted by Gasteiger charge is -2.36. The Balaban J connectivity index is 1.37. The number of aromatic amines is 1. The predicted octanol–water partition coefficient (Wildman–Crippen LogP) is 2.14. The van der Waals surface area contributed by atoms with E-state index in [0.717, 1.165) is 22.4 Å². The molecular formula is C19H19N5O2S. The molecule has 8 heteroatoms. The van der Waals surface area contributed by atoms with Gasteiger partial charge in [0.05, 0.1) is 6.20 Å². The molecule has 138 valence electrons. The van der Waals surface area contributed by atoms with Gasteiger partial charge >= 0.3 is 0 Å². The van der Waals surface area contributed by atoms with Crippen molar-refractivity contribution in [3.05, 3.63) is 53.7 Å². The number of fused-ring (bicyclic) bond motifs is 2. The summed E-state index contributed by atoms with van der Waals surface area (Å²) in [5.41, 5.74) is 0.640. The van der Waals surface area contributed by atoms with Gasteiger partial charge in [0.15, 0.2) is 11.6 Å². The molecule has 2 bridgehead atoms. The zero-order valence-electron chi connectivity index (χ0n) is 14.5. The number of aliphatic hydroxyl groups is 1. The second-order valence-corrected chi connectivity index (χ2v) is 8.29. The van der Waals surface area contributed by atoms with Gasteiger partial charge < -0.3 is 10.4 Å². The highest BCUT2D eigenvalue weighted by atomic mass is 32.1. The average Bonchev–Trinajstić information content (AvgIpc) is 3.42. The van der Waals surface area contributed by atoms with E-state index in [1.54, 1.807) is 36.0 Å². The van der Waals surface area contributed by atoms with Crippen molar-refractivity contribution >= 4 is 17.1 Å². The molecule has 0 saturated carbocycles. The number of aromatic nitrogens is 4. The molecule has 2 fully saturated rings. The topological polar surface area (TPSA) is 104 Å². The van der Waals surface area contributed by atoms with Gasteiger partial charge in [-0.2, -0.15) is 5.10 Å². The first-order valence-corrected chi connectivity index (χ1v) is 9.88. The Labute approximate surface area is 159 Å². The van der Waals surface area contributed by atoms with Crippen LogP contribution in [0.5, 0.6) is 0 Å². The van der Waals surface area contributed by atoms with Crippen LogP contribution in [0.1, 0.15) is 35.4 Å². The number of piperidine rings is 1. The summed E-state index contributed by atoms with van der Waals surface area (Å²) < 4.78 is 0. The molecule has 2 aliphatic heterocycles. The summed E-state index contributed by atoms with van der Waals surface area (Å²) in [4.78, 5) is 22.7. The highest BCUT2D eigenvalue weighted by Gasteiger charge is 2.51. The van der Waals surface area contributed by atoms with Gasteiger partial charge in [0.25, 0.3) is 0 Å². The molecule has 3 aromatic heterocycles. The zero-order chi connectivity index (χ0) is 18.4. The molecule has 2 saturated heterocycles. The Hall–Kier alpha value is -2.42. The van der Waals surface area contributed by atoms with E-state index in [0.29, 0.717) is 18.7 Å². The Kier molecular flexibility index (Phi) is 3.92. The molecule has 4 atom stereocenters. The number of nitrogens with one attached hydrogen (secondary N) is 2. The number of H-pyrrole nitrogens is 1. The number of hydrogen-bond acceptors (Lipinski definition) is 7. The van der Waals surface area contributed by atoms with Crippen LogP contribution in [0.4, 0.5) is 0 Å². The van der Waals surface area contributed by atoms with E-state index in [9.17, 15) is 9.90 Å². The summed E-state index contributed by atoms with van der Waals surface area (Å²) >= 11 is 1.55. The fraction of sp³-hybridized carbons (Fsp3) is 0.368. The van der Waals surface area contributed by atoms with Crippen molar-refractivity contribution in [2.45, 2.75) is 36.9 Å². The molecule has 0 spiro atoms. The van der Waals surface area contributed by atoms with Crippen LogP contribution in [-0.2, 0) is 5.60 Å². The molecule has 7 nitrogen and oxygen atoms in total. The average molecular weight is 381 g/mol. The third kappa shape index (κ3) is 2.90. The summed E-state index contributed by atoms with van der Waals surface area (Å²) in [5, 5.41) is 23.3. The number of thiophene rings is 1. The van der Waals surface area contributed by atoms with Crippen molar-refractivity contribution in [2.75, 3.05) is 0 Å². The highest BCUT2D eigenvalue weighted by Crippen LogP contribution is 2.43. The summed E-state index contributed by atoms with van der Waals surface area (Å²) in [6.45, 7) is 0. The first kappa shape index (κ1) is 16.7. The molecule has 5 rings (SSSR count). The molecule has 2 aliphatic rings. The van der Waals surface area contributed by atoms with Gasteiger partial charge in [0.1, 0.15) is 5.60 Å². The molecule has 1 unspecified atom stereocenters. The normalized spacial score (nSPS) is 29.7. The SMILES string of the molecule is O=C(c1csc(-c2cn[nH]c2)c1)C1C[C@H]2C[C@](O)(c3ncccn3)C[C@@H]1N2. The van der Waals surface area contributed by atoms with E-state index in [4.69, 9.17) is 0 Å². The molecule has 3 aromatic rings. The number of nitrogens with zero attached hydrogens (tertiary/aromatic N) is 3. The van der Waals surface area contributed by atoms with Crippen molar-refractivity contribution in [1.82, 2.24) is 25.5 Å². The van der Waals surface area contributed by atoms with Crippen LogP contribution in [0.3, 0.4) is 0 Å². The molecule has 27 heavy (non-hydrogen) atoms. The van der Waals surface area contributed by atoms with Crippen LogP contribution < -0.4 is 5.32 Å². The number of hydrogen-bond donors (Lipinski definition) is 3. The Morgan fingerprint density at radius 3 is 2.93 bits per heavy atom. The maximum Gasteiger partial charge on any atom is 0.168 e. The van der Waals surface area contributed by atoms with Gasteiger partial charge in [-0.3, -0.25) is 9.89 Å². The standard InChI is InChI=1S/C19H19N5O2S/c25-17(11-4-16(27-10-11)12-8-22-23-9-12)14-5-13-6-19(26,7-15(14)24-13)18-20-2-1-3-21-18/h1-4,8-10,13-15,24,26H,5-7H2,(H,22,23)/t13-,14?,15-,19+/m0/s1. The fourth-order valence-electron chi connectivity index (χ4n) is 4.38. The Morgan fingerprint density at radius 2 is 2.15 bits per heavy atom. The number of carbonyl (C=O) groups is 1. The Morgan fingerprint density at radius 1 is 1.30 bits per heavy atom. The van der Waals surface area contributed by atoms with E-state index in [1.807, 2.05) is 17.6 Å². The lowest BCUT2D eigenvalue weighted by atomic mass is 9.84. The quantitative estimate of drug-likeness (QED) is 0.598. The van der Waals surface area contributed by atoms with E-state index in [1.165, 1.54) is 0 Å². The van der Waals surface area contributed by atoms with Crippen LogP contribution in [-0.4, -0.2) is 43.1 Å². The molecule has 0 aliphatic carbocycles. The maximum absolute atomic E-state index is 13.2. The summed E-state index contributed by atoms with van der Waals surface area (Å²) in [7, 11) is 0. The third-order valence-electron chi connectivity index (χ3n) is 5.60. The first-order chi connectivity index (χ1) is 13.1. The number of ketones is 1. The third-order valence-corrected chi connectivity index (χ3v) is 6.58. The predicted molar refractivity (Wildman–Crippen MR) is 100 cm³/mol. The van der Waals surface area contributed by atoms with Crippen molar-refractivity contribution in [3.63, 3.8) is 0 Å². The van der Waals surface area contributed by atoms with E-state index in [2.05, 4.69) is 25.5 Å². The minimum absolute atomic E-state index is 0.0673. The van der Waals surface area contributed by atoms with Gasteiger partial charge in [-0.15, -0.1) is 11.3 Å². The lowest BCUT2D eigenvalue weighted by Crippen LogP contribution is -2.49. The van der Waals surface area contributed by atoms with Gasteiger partial charge in [0.2, 0.25) is 0 Å². The summed E-state index contributed by atoms with van der Waals surface area (Å²) in [5.74, 6) is 0.450. The van der Waals surface area contributed by atoms with E-state index < -0.39 is 5.60 Å². The number of rotatable bonds is 4. The number of carbonyl (C=O) groups excluding carboxylic acids is 1. The van der Waals surface area contributed by atoms with E-state index >= 15 is 0 Å². The summed E-state index contributed by atoms with van der Waals surface area (Å²) in [6, 6.07) is 3.70. The van der Waals surface area contributed by atoms with Crippen molar-refractivity contribution < 1.29 is 9.90 Å². The minimum Gasteiger partial charge on any atom is -0.382 e. The molecule has 5 heterocycles. The maximum atomic E-state index is 13.2. The molecule has 3 N–H and O–H groups in total. The van der Waals surface area contributed by atoms with Gasteiger partial charge in [0, 0.05) is 58.0 Å². The smallest absolute Gasteiger partial charge is 0.168 e. The van der Waals surface area contributed by atoms with Crippen molar-refractivity contribution in [2.24, 2.45) is 5.92 Å². The van der Waals surface area contributed by atoms with Crippen molar-refractivity contribution in [3.8, 4) is 10.4 Å². The molecule has 0 radical (unpaired) electrons. The first-order valence-electron chi connectivity index (χ1n) is 9.00. The second kappa shape index (κ2) is 6.33. The molecule has 0 amide bonds. The van der Waals surface area contributed by atoms with Crippen LogP contribution in [0.25, 0.3) is 10.4 Å². The van der Waals surface area contributed by atoms with Crippen LogP contribution >= 0.6 is 11.3 Å².